The van der Waals surface area contributed by atoms with Crippen LogP contribution in [0.4, 0.5) is 5.69 Å². The number of nitrogens with one attached hydrogen (secondary N) is 1. The van der Waals surface area contributed by atoms with Gasteiger partial charge in [-0.15, -0.1) is 0 Å². The molecule has 0 spiro atoms. The average molecular weight is 326 g/mol. The van der Waals surface area contributed by atoms with Crippen LogP contribution in [0.25, 0.3) is 10.9 Å². The summed E-state index contributed by atoms with van der Waals surface area (Å²) in [5.74, 6) is 0.101. The smallest absolute Gasteiger partial charge is 0.314 e. The van der Waals surface area contributed by atoms with Crippen LogP contribution in [-0.4, -0.2) is 29.4 Å². The number of rotatable bonds is 6. The Morgan fingerprint density at radius 1 is 1.25 bits per heavy atom. The number of methoxy groups -OCH3 is 1. The van der Waals surface area contributed by atoms with E-state index in [1.165, 1.54) is 19.2 Å². The van der Waals surface area contributed by atoms with Crippen molar-refractivity contribution >= 4 is 22.4 Å². The molecule has 2 aromatic carbocycles. The summed E-state index contributed by atoms with van der Waals surface area (Å²) in [5.41, 5.74) is 1.08. The van der Waals surface area contributed by atoms with Gasteiger partial charge in [0, 0.05) is 22.7 Å². The predicted molar refractivity (Wildman–Crippen MR) is 87.8 cm³/mol. The molecular weight excluding hydrogens is 312 g/mol. The molecule has 0 aliphatic rings. The molecule has 1 aromatic heterocycles. The largest absolute Gasteiger partial charge is 0.496 e. The van der Waals surface area contributed by atoms with Crippen LogP contribution in [0.2, 0.25) is 0 Å². The third-order valence-electron chi connectivity index (χ3n) is 3.61. The van der Waals surface area contributed by atoms with Gasteiger partial charge < -0.3 is 14.5 Å². The lowest BCUT2D eigenvalue weighted by Crippen LogP contribution is -2.12. The van der Waals surface area contributed by atoms with E-state index in [1.54, 1.807) is 12.3 Å². The highest BCUT2D eigenvalue weighted by atomic mass is 16.6. The third-order valence-corrected chi connectivity index (χ3v) is 3.61. The molecule has 24 heavy (non-hydrogen) atoms. The zero-order chi connectivity index (χ0) is 17.1. The number of carbonyl (C=O) groups excluding carboxylic acids is 1. The van der Waals surface area contributed by atoms with Gasteiger partial charge in [0.05, 0.1) is 18.1 Å². The Kier molecular flexibility index (Phi) is 4.15. The van der Waals surface area contributed by atoms with Crippen LogP contribution in [0.3, 0.4) is 0 Å². The number of hydrogen-bond donors (Lipinski definition) is 1. The molecule has 7 heteroatoms. The van der Waals surface area contributed by atoms with Gasteiger partial charge in [0.25, 0.3) is 0 Å². The molecule has 0 bridgehead atoms. The molecule has 0 aliphatic carbocycles. The third kappa shape index (κ3) is 2.91. The quantitative estimate of drug-likeness (QED) is 0.426. The molecular formula is C17H14N2O5. The molecule has 1 N–H and O–H groups in total. The Balaban J connectivity index is 1.80. The fraction of sp³-hybridized carbons (Fsp3) is 0.118. The number of nitro benzene ring substituents is 1. The number of ketones is 1. The maximum atomic E-state index is 12.4. The topological polar surface area (TPSA) is 94.5 Å². The van der Waals surface area contributed by atoms with Gasteiger partial charge in [-0.05, 0) is 18.2 Å². The second kappa shape index (κ2) is 6.41. The lowest BCUT2D eigenvalue weighted by molar-refractivity contribution is -0.385. The fourth-order valence-corrected chi connectivity index (χ4v) is 2.41. The van der Waals surface area contributed by atoms with E-state index in [-0.39, 0.29) is 23.8 Å². The summed E-state index contributed by atoms with van der Waals surface area (Å²) < 4.78 is 10.3. The van der Waals surface area contributed by atoms with Crippen molar-refractivity contribution in [2.75, 3.05) is 13.7 Å². The number of carbonyl (C=O) groups is 1. The molecule has 0 fully saturated rings. The molecule has 0 saturated carbocycles. The molecule has 0 radical (unpaired) electrons. The summed E-state index contributed by atoms with van der Waals surface area (Å²) in [6.45, 7) is -0.297. The summed E-state index contributed by atoms with van der Waals surface area (Å²) in [5, 5.41) is 11.9. The van der Waals surface area contributed by atoms with Gasteiger partial charge in [0.15, 0.2) is 12.4 Å². The highest BCUT2D eigenvalue weighted by molar-refractivity contribution is 6.08. The summed E-state index contributed by atoms with van der Waals surface area (Å²) in [7, 11) is 1.42. The number of aromatic amines is 1. The summed E-state index contributed by atoms with van der Waals surface area (Å²) in [6, 6.07) is 11.6. The minimum Gasteiger partial charge on any atom is -0.496 e. The monoisotopic (exact) mass is 326 g/mol. The van der Waals surface area contributed by atoms with Crippen molar-refractivity contribution in [3.8, 4) is 11.5 Å². The number of H-pyrrole nitrogens is 1. The molecule has 7 nitrogen and oxygen atoms in total. The van der Waals surface area contributed by atoms with Gasteiger partial charge in [-0.1, -0.05) is 18.2 Å². The van der Waals surface area contributed by atoms with Gasteiger partial charge in [0.2, 0.25) is 5.78 Å². The molecule has 0 atom stereocenters. The van der Waals surface area contributed by atoms with Crippen LogP contribution < -0.4 is 9.47 Å². The summed E-state index contributed by atoms with van der Waals surface area (Å²) in [6.07, 6.45) is 1.61. The molecule has 0 unspecified atom stereocenters. The van der Waals surface area contributed by atoms with Crippen LogP contribution >= 0.6 is 0 Å². The average Bonchev–Trinajstić information content (AvgIpc) is 3.03. The van der Waals surface area contributed by atoms with Gasteiger partial charge >= 0.3 is 5.69 Å². The lowest BCUT2D eigenvalue weighted by Gasteiger charge is -2.07. The van der Waals surface area contributed by atoms with Gasteiger partial charge in [-0.25, -0.2) is 0 Å². The second-order valence-corrected chi connectivity index (χ2v) is 5.05. The van der Waals surface area contributed by atoms with Crippen molar-refractivity contribution in [2.45, 2.75) is 0 Å². The van der Waals surface area contributed by atoms with Crippen molar-refractivity contribution in [1.29, 1.82) is 0 Å². The van der Waals surface area contributed by atoms with Crippen LogP contribution in [0.15, 0.2) is 48.7 Å². The number of nitrogens with zero attached hydrogens (tertiary/aromatic N) is 1. The molecule has 3 aromatic rings. The van der Waals surface area contributed by atoms with Crippen molar-refractivity contribution in [2.24, 2.45) is 0 Å². The standard InChI is InChI=1S/C17H14N2O5/c1-23-11-6-7-17(15(8-11)19(21)22)24-10-16(20)13-9-18-14-5-3-2-4-12(13)14/h2-9,18H,10H2,1H3. The number of nitro groups is 1. The van der Waals surface area contributed by atoms with E-state index in [1.807, 2.05) is 24.3 Å². The van der Waals surface area contributed by atoms with Crippen molar-refractivity contribution in [3.63, 3.8) is 0 Å². The Bertz CT molecular complexity index is 916. The van der Waals surface area contributed by atoms with E-state index in [0.29, 0.717) is 11.3 Å². The number of aromatic nitrogens is 1. The number of hydrogen-bond acceptors (Lipinski definition) is 5. The van der Waals surface area contributed by atoms with Crippen molar-refractivity contribution in [1.82, 2.24) is 4.98 Å². The Labute approximate surface area is 137 Å². The van der Waals surface area contributed by atoms with E-state index in [9.17, 15) is 14.9 Å². The van der Waals surface area contributed by atoms with E-state index >= 15 is 0 Å². The fourth-order valence-electron chi connectivity index (χ4n) is 2.41. The van der Waals surface area contributed by atoms with Gasteiger partial charge in [-0.2, -0.15) is 0 Å². The summed E-state index contributed by atoms with van der Waals surface area (Å²) in [4.78, 5) is 25.9. The Morgan fingerprint density at radius 3 is 2.79 bits per heavy atom. The van der Waals surface area contributed by atoms with Crippen LogP contribution in [0, 0.1) is 10.1 Å². The van der Waals surface area contributed by atoms with Gasteiger partial charge in [-0.3, -0.25) is 14.9 Å². The SMILES string of the molecule is COc1ccc(OCC(=O)c2c[nH]c3ccccc23)c([N+](=O)[O-])c1. The Hall–Kier alpha value is -3.35. The molecule has 3 rings (SSSR count). The molecule has 0 saturated heterocycles. The maximum Gasteiger partial charge on any atom is 0.314 e. The number of Topliss-reactive ketones (excluding diaryl/α,β-unsaturated/α-hetero) is 1. The van der Waals surface area contributed by atoms with E-state index < -0.39 is 4.92 Å². The molecule has 0 amide bonds. The minimum absolute atomic E-state index is 0.0222. The highest BCUT2D eigenvalue weighted by Gasteiger charge is 2.19. The minimum atomic E-state index is -0.575. The first-order valence-corrected chi connectivity index (χ1v) is 7.14. The highest BCUT2D eigenvalue weighted by Crippen LogP contribution is 2.31. The van der Waals surface area contributed by atoms with E-state index in [4.69, 9.17) is 9.47 Å². The lowest BCUT2D eigenvalue weighted by atomic mass is 10.1. The number of benzene rings is 2. The zero-order valence-electron chi connectivity index (χ0n) is 12.8. The van der Waals surface area contributed by atoms with Crippen molar-refractivity contribution in [3.05, 3.63) is 64.3 Å². The number of fused-ring (bicyclic) bond motifs is 1. The second-order valence-electron chi connectivity index (χ2n) is 5.05. The first-order chi connectivity index (χ1) is 11.6. The van der Waals surface area contributed by atoms with Crippen LogP contribution in [-0.2, 0) is 0 Å². The molecule has 0 aliphatic heterocycles. The zero-order valence-corrected chi connectivity index (χ0v) is 12.8. The van der Waals surface area contributed by atoms with Gasteiger partial charge in [0.1, 0.15) is 5.75 Å². The first kappa shape index (κ1) is 15.5. The molecule has 1 heterocycles. The number of para-hydroxylation sites is 1. The Morgan fingerprint density at radius 2 is 2.04 bits per heavy atom. The maximum absolute atomic E-state index is 12.4. The van der Waals surface area contributed by atoms with E-state index in [2.05, 4.69) is 4.98 Å². The normalized spacial score (nSPS) is 10.5. The first-order valence-electron chi connectivity index (χ1n) is 7.14. The van der Waals surface area contributed by atoms with Crippen molar-refractivity contribution < 1.29 is 19.2 Å². The number of ether oxygens (including phenoxy) is 2. The van der Waals surface area contributed by atoms with Crippen LogP contribution in [0.1, 0.15) is 10.4 Å². The van der Waals surface area contributed by atoms with E-state index in [0.717, 1.165) is 10.9 Å². The van der Waals surface area contributed by atoms with Crippen LogP contribution in [0.5, 0.6) is 11.5 Å². The molecule has 122 valence electrons. The summed E-state index contributed by atoms with van der Waals surface area (Å²) >= 11 is 0. The predicted octanol–water partition coefficient (Wildman–Crippen LogP) is 3.35.